The Balaban J connectivity index is 1.53. The zero-order valence-electron chi connectivity index (χ0n) is 14.9. The van der Waals surface area contributed by atoms with Crippen molar-refractivity contribution < 1.29 is 14.3 Å². The third kappa shape index (κ3) is 3.82. The lowest BCUT2D eigenvalue weighted by molar-refractivity contribution is 0.102. The van der Waals surface area contributed by atoms with Gasteiger partial charge in [-0.25, -0.2) is 9.97 Å². The van der Waals surface area contributed by atoms with Gasteiger partial charge in [0.25, 0.3) is 5.91 Å². The van der Waals surface area contributed by atoms with Gasteiger partial charge in [0.15, 0.2) is 11.5 Å². The molecule has 7 heteroatoms. The Morgan fingerprint density at radius 2 is 1.67 bits per heavy atom. The van der Waals surface area contributed by atoms with E-state index in [0.29, 0.717) is 28.8 Å². The van der Waals surface area contributed by atoms with Gasteiger partial charge in [-0.05, 0) is 38.1 Å². The third-order valence-electron chi connectivity index (χ3n) is 4.02. The number of nitrogens with one attached hydrogen (secondary N) is 2. The van der Waals surface area contributed by atoms with Crippen molar-refractivity contribution in [3.63, 3.8) is 0 Å². The summed E-state index contributed by atoms with van der Waals surface area (Å²) in [5.41, 5.74) is 2.94. The minimum absolute atomic E-state index is 0.186. The van der Waals surface area contributed by atoms with Crippen LogP contribution >= 0.6 is 0 Å². The van der Waals surface area contributed by atoms with Crippen LogP contribution < -0.4 is 20.1 Å². The number of hydrogen-bond donors (Lipinski definition) is 2. The van der Waals surface area contributed by atoms with E-state index >= 15 is 0 Å². The number of nitrogens with zero attached hydrogens (tertiary/aromatic N) is 2. The van der Waals surface area contributed by atoms with Crippen LogP contribution in [0.3, 0.4) is 0 Å². The lowest BCUT2D eigenvalue weighted by Gasteiger charge is -2.10. The third-order valence-corrected chi connectivity index (χ3v) is 4.02. The van der Waals surface area contributed by atoms with Crippen LogP contribution in [0.15, 0.2) is 48.5 Å². The molecule has 27 heavy (non-hydrogen) atoms. The summed E-state index contributed by atoms with van der Waals surface area (Å²) < 4.78 is 10.6. The maximum absolute atomic E-state index is 12.6. The Morgan fingerprint density at radius 3 is 2.48 bits per heavy atom. The number of hydrogen-bond acceptors (Lipinski definition) is 6. The summed E-state index contributed by atoms with van der Waals surface area (Å²) in [6, 6.07) is 14.8. The maximum atomic E-state index is 12.6. The number of aryl methyl sites for hydroxylation is 2. The van der Waals surface area contributed by atoms with Crippen LogP contribution in [0.1, 0.15) is 21.9 Å². The second kappa shape index (κ2) is 6.95. The SMILES string of the molecule is Cc1ccc(Nc2cc(C(=O)Nc3ccc4c(c3)OCO4)nc(C)n2)cc1. The van der Waals surface area contributed by atoms with E-state index < -0.39 is 0 Å². The predicted octanol–water partition coefficient (Wildman–Crippen LogP) is 3.82. The molecule has 0 saturated heterocycles. The number of fused-ring (bicyclic) bond motifs is 1. The van der Waals surface area contributed by atoms with E-state index in [-0.39, 0.29) is 18.4 Å². The van der Waals surface area contributed by atoms with Gasteiger partial charge in [-0.15, -0.1) is 0 Å². The minimum Gasteiger partial charge on any atom is -0.454 e. The average Bonchev–Trinajstić information content (AvgIpc) is 3.11. The summed E-state index contributed by atoms with van der Waals surface area (Å²) in [7, 11) is 0. The summed E-state index contributed by atoms with van der Waals surface area (Å²) in [5.74, 6) is 2.00. The van der Waals surface area contributed by atoms with Crippen LogP contribution in [0.2, 0.25) is 0 Å². The molecule has 0 saturated carbocycles. The molecule has 3 aromatic rings. The molecule has 1 aliphatic heterocycles. The van der Waals surface area contributed by atoms with Crippen LogP contribution in [0.5, 0.6) is 11.5 Å². The molecule has 0 fully saturated rings. The van der Waals surface area contributed by atoms with Crippen LogP contribution in [-0.2, 0) is 0 Å². The number of ether oxygens (including phenoxy) is 2. The van der Waals surface area contributed by atoms with Crippen molar-refractivity contribution >= 4 is 23.1 Å². The number of benzene rings is 2. The zero-order valence-corrected chi connectivity index (χ0v) is 14.9. The highest BCUT2D eigenvalue weighted by molar-refractivity contribution is 6.03. The first-order valence-corrected chi connectivity index (χ1v) is 8.47. The molecule has 0 spiro atoms. The first-order valence-electron chi connectivity index (χ1n) is 8.47. The predicted molar refractivity (Wildman–Crippen MR) is 102 cm³/mol. The van der Waals surface area contributed by atoms with Crippen LogP contribution in [0.25, 0.3) is 0 Å². The number of aromatic nitrogens is 2. The first-order chi connectivity index (χ1) is 13.1. The van der Waals surface area contributed by atoms with Gasteiger partial charge in [0, 0.05) is 23.5 Å². The van der Waals surface area contributed by atoms with Crippen molar-refractivity contribution in [2.75, 3.05) is 17.4 Å². The number of amides is 1. The highest BCUT2D eigenvalue weighted by Crippen LogP contribution is 2.34. The van der Waals surface area contributed by atoms with Crippen molar-refractivity contribution in [1.82, 2.24) is 9.97 Å². The van der Waals surface area contributed by atoms with Gasteiger partial charge in [0.2, 0.25) is 6.79 Å². The molecule has 2 aromatic carbocycles. The molecule has 0 atom stereocenters. The summed E-state index contributed by atoms with van der Waals surface area (Å²) in [4.78, 5) is 21.2. The van der Waals surface area contributed by atoms with E-state index in [1.165, 1.54) is 5.56 Å². The lowest BCUT2D eigenvalue weighted by atomic mass is 10.2. The van der Waals surface area contributed by atoms with Crippen molar-refractivity contribution in [3.05, 3.63) is 65.6 Å². The summed E-state index contributed by atoms with van der Waals surface area (Å²) in [6.45, 7) is 3.96. The van der Waals surface area contributed by atoms with Crippen LogP contribution in [0.4, 0.5) is 17.2 Å². The largest absolute Gasteiger partial charge is 0.454 e. The lowest BCUT2D eigenvalue weighted by Crippen LogP contribution is -2.15. The number of rotatable bonds is 4. The van der Waals surface area contributed by atoms with E-state index in [2.05, 4.69) is 20.6 Å². The fourth-order valence-electron chi connectivity index (χ4n) is 2.70. The maximum Gasteiger partial charge on any atom is 0.274 e. The molecule has 0 aliphatic carbocycles. The normalized spacial score (nSPS) is 11.9. The molecule has 136 valence electrons. The Labute approximate surface area is 156 Å². The van der Waals surface area contributed by atoms with Crippen LogP contribution in [-0.4, -0.2) is 22.7 Å². The highest BCUT2D eigenvalue weighted by atomic mass is 16.7. The molecule has 2 heterocycles. The van der Waals surface area contributed by atoms with Crippen molar-refractivity contribution in [2.45, 2.75) is 13.8 Å². The molecule has 7 nitrogen and oxygen atoms in total. The number of anilines is 3. The fourth-order valence-corrected chi connectivity index (χ4v) is 2.70. The van der Waals surface area contributed by atoms with E-state index in [9.17, 15) is 4.79 Å². The Morgan fingerprint density at radius 1 is 0.926 bits per heavy atom. The molecule has 1 aliphatic rings. The molecular weight excluding hydrogens is 344 g/mol. The minimum atomic E-state index is -0.327. The second-order valence-corrected chi connectivity index (χ2v) is 6.20. The Bertz CT molecular complexity index is 1000. The zero-order chi connectivity index (χ0) is 18.8. The van der Waals surface area contributed by atoms with Crippen molar-refractivity contribution in [2.24, 2.45) is 0 Å². The van der Waals surface area contributed by atoms with Gasteiger partial charge < -0.3 is 20.1 Å². The monoisotopic (exact) mass is 362 g/mol. The second-order valence-electron chi connectivity index (χ2n) is 6.20. The molecule has 0 unspecified atom stereocenters. The summed E-state index contributed by atoms with van der Waals surface area (Å²) >= 11 is 0. The van der Waals surface area contributed by atoms with Crippen LogP contribution in [0, 0.1) is 13.8 Å². The van der Waals surface area contributed by atoms with Gasteiger partial charge >= 0.3 is 0 Å². The molecular formula is C20H18N4O3. The van der Waals surface area contributed by atoms with E-state index in [1.807, 2.05) is 31.2 Å². The fraction of sp³-hybridized carbons (Fsp3) is 0.150. The molecule has 0 bridgehead atoms. The Kier molecular flexibility index (Phi) is 4.33. The van der Waals surface area contributed by atoms with E-state index in [0.717, 1.165) is 5.69 Å². The topological polar surface area (TPSA) is 85.4 Å². The van der Waals surface area contributed by atoms with Gasteiger partial charge in [0.1, 0.15) is 17.3 Å². The van der Waals surface area contributed by atoms with Gasteiger partial charge in [-0.2, -0.15) is 0 Å². The Hall–Kier alpha value is -3.61. The smallest absolute Gasteiger partial charge is 0.274 e. The molecule has 2 N–H and O–H groups in total. The van der Waals surface area contributed by atoms with Crippen molar-refractivity contribution in [1.29, 1.82) is 0 Å². The standard InChI is InChI=1S/C20H18N4O3/c1-12-3-5-14(6-4-12)23-19-10-16(21-13(2)22-19)20(25)24-15-7-8-17-18(9-15)27-11-26-17/h3-10H,11H2,1-2H3,(H,24,25)(H,21,22,23). The van der Waals surface area contributed by atoms with Gasteiger partial charge in [-0.3, -0.25) is 4.79 Å². The molecule has 1 amide bonds. The summed E-state index contributed by atoms with van der Waals surface area (Å²) in [5, 5.41) is 6.02. The van der Waals surface area contributed by atoms with Gasteiger partial charge in [0.05, 0.1) is 0 Å². The van der Waals surface area contributed by atoms with E-state index in [4.69, 9.17) is 9.47 Å². The van der Waals surface area contributed by atoms with E-state index in [1.54, 1.807) is 31.2 Å². The summed E-state index contributed by atoms with van der Waals surface area (Å²) in [6.07, 6.45) is 0. The van der Waals surface area contributed by atoms with Gasteiger partial charge in [-0.1, -0.05) is 17.7 Å². The quantitative estimate of drug-likeness (QED) is 0.734. The highest BCUT2D eigenvalue weighted by Gasteiger charge is 2.16. The molecule has 0 radical (unpaired) electrons. The molecule has 4 rings (SSSR count). The number of carbonyl (C=O) groups is 1. The number of carbonyl (C=O) groups excluding carboxylic acids is 1. The average molecular weight is 362 g/mol. The molecule has 1 aromatic heterocycles. The first kappa shape index (κ1) is 16.8. The van der Waals surface area contributed by atoms with Crippen molar-refractivity contribution in [3.8, 4) is 11.5 Å².